The molecule has 0 radical (unpaired) electrons. The number of nitrogens with one attached hydrogen (secondary N) is 2. The van der Waals surface area contributed by atoms with Crippen molar-refractivity contribution in [2.75, 3.05) is 13.1 Å². The molecule has 2 amide bonds. The Kier molecular flexibility index (Phi) is 4.52. The second kappa shape index (κ2) is 6.14. The third kappa shape index (κ3) is 3.12. The van der Waals surface area contributed by atoms with Gasteiger partial charge in [-0.15, -0.1) is 11.3 Å². The molecule has 6 nitrogen and oxygen atoms in total. The number of hydrogen-bond acceptors (Lipinski definition) is 5. The van der Waals surface area contributed by atoms with Gasteiger partial charge in [-0.05, 0) is 18.6 Å². The van der Waals surface area contributed by atoms with Crippen molar-refractivity contribution in [2.45, 2.75) is 25.9 Å². The van der Waals surface area contributed by atoms with Crippen LogP contribution in [0.25, 0.3) is 0 Å². The third-order valence-corrected chi connectivity index (χ3v) is 4.27. The molecule has 0 saturated carbocycles. The van der Waals surface area contributed by atoms with E-state index < -0.39 is 0 Å². The Bertz CT molecular complexity index is 474. The molecule has 1 atom stereocenters. The highest BCUT2D eigenvalue weighted by Gasteiger charge is 2.28. The van der Waals surface area contributed by atoms with Crippen molar-refractivity contribution in [1.82, 2.24) is 15.6 Å². The van der Waals surface area contributed by atoms with Crippen molar-refractivity contribution < 1.29 is 9.59 Å². The first-order valence-electron chi connectivity index (χ1n) is 6.27. The lowest BCUT2D eigenvalue weighted by Crippen LogP contribution is -2.54. The number of hydrazine groups is 1. The van der Waals surface area contributed by atoms with Gasteiger partial charge in [0.2, 0.25) is 5.91 Å². The molecule has 0 spiro atoms. The smallest absolute Gasteiger partial charge is 0.275 e. The number of thiophene rings is 1. The van der Waals surface area contributed by atoms with Crippen LogP contribution in [-0.4, -0.2) is 35.8 Å². The maximum absolute atomic E-state index is 11.8. The first-order valence-corrected chi connectivity index (χ1v) is 7.08. The fourth-order valence-electron chi connectivity index (χ4n) is 2.25. The molecule has 4 N–H and O–H groups in total. The summed E-state index contributed by atoms with van der Waals surface area (Å²) in [6.45, 7) is 4.20. The van der Waals surface area contributed by atoms with E-state index in [1.807, 2.05) is 13.0 Å². The van der Waals surface area contributed by atoms with Crippen LogP contribution in [0.3, 0.4) is 0 Å². The maximum Gasteiger partial charge on any atom is 0.275 e. The highest BCUT2D eigenvalue weighted by atomic mass is 32.1. The zero-order chi connectivity index (χ0) is 13.8. The fraction of sp³-hybridized carbons (Fsp3) is 0.500. The molecule has 0 aliphatic carbocycles. The summed E-state index contributed by atoms with van der Waals surface area (Å²) in [7, 11) is 0. The molecule has 19 heavy (non-hydrogen) atoms. The van der Waals surface area contributed by atoms with Gasteiger partial charge < -0.3 is 5.32 Å². The van der Waals surface area contributed by atoms with E-state index in [4.69, 9.17) is 5.84 Å². The Morgan fingerprint density at radius 3 is 3.11 bits per heavy atom. The molecule has 104 valence electrons. The number of amides is 2. The van der Waals surface area contributed by atoms with E-state index in [0.29, 0.717) is 18.0 Å². The molecule has 2 rings (SSSR count). The minimum atomic E-state index is -0.278. The molecule has 1 aromatic heterocycles. The lowest BCUT2D eigenvalue weighted by atomic mass is 10.1. The average molecular weight is 282 g/mol. The summed E-state index contributed by atoms with van der Waals surface area (Å²) >= 11 is 1.41. The Labute approximate surface area is 115 Å². The Balaban J connectivity index is 2.05. The predicted octanol–water partition coefficient (Wildman–Crippen LogP) is 0.0620. The van der Waals surface area contributed by atoms with Crippen molar-refractivity contribution in [1.29, 1.82) is 0 Å². The quantitative estimate of drug-likeness (QED) is 0.414. The minimum Gasteiger partial charge on any atom is -0.353 e. The molecule has 0 aromatic carbocycles. The van der Waals surface area contributed by atoms with Gasteiger partial charge >= 0.3 is 0 Å². The van der Waals surface area contributed by atoms with Gasteiger partial charge in [0, 0.05) is 24.5 Å². The zero-order valence-corrected chi connectivity index (χ0v) is 11.6. The number of rotatable bonds is 4. The maximum atomic E-state index is 11.8. The van der Waals surface area contributed by atoms with Crippen LogP contribution in [0.15, 0.2) is 12.1 Å². The number of carbonyl (C=O) groups excluding carboxylic acids is 2. The zero-order valence-electron chi connectivity index (χ0n) is 10.8. The second-order valence-corrected chi connectivity index (χ2v) is 5.59. The molecule has 1 unspecified atom stereocenters. The summed E-state index contributed by atoms with van der Waals surface area (Å²) in [5, 5.41) is 2.87. The van der Waals surface area contributed by atoms with Gasteiger partial charge in [-0.3, -0.25) is 19.9 Å². The SMILES string of the molecule is CCC1C(=O)NCCN1Cc1ccc(C(=O)NN)s1. The number of nitrogens with two attached hydrogens (primary N) is 1. The van der Waals surface area contributed by atoms with Crippen molar-refractivity contribution >= 4 is 23.2 Å². The van der Waals surface area contributed by atoms with E-state index in [1.54, 1.807) is 6.07 Å². The topological polar surface area (TPSA) is 87.5 Å². The van der Waals surface area contributed by atoms with E-state index in [2.05, 4.69) is 15.6 Å². The van der Waals surface area contributed by atoms with Crippen molar-refractivity contribution in [2.24, 2.45) is 5.84 Å². The molecular weight excluding hydrogens is 264 g/mol. The van der Waals surface area contributed by atoms with Gasteiger partial charge in [-0.2, -0.15) is 0 Å². The van der Waals surface area contributed by atoms with E-state index >= 15 is 0 Å². The normalized spacial score (nSPS) is 20.1. The predicted molar refractivity (Wildman–Crippen MR) is 73.5 cm³/mol. The number of nitrogen functional groups attached to an aromatic ring is 1. The monoisotopic (exact) mass is 282 g/mol. The summed E-state index contributed by atoms with van der Waals surface area (Å²) in [5.74, 6) is 4.91. The van der Waals surface area contributed by atoms with E-state index in [0.717, 1.165) is 17.8 Å². The molecule has 7 heteroatoms. The Hall–Kier alpha value is -1.44. The molecule has 1 fully saturated rings. The van der Waals surface area contributed by atoms with Crippen LogP contribution in [-0.2, 0) is 11.3 Å². The van der Waals surface area contributed by atoms with Crippen molar-refractivity contribution in [3.05, 3.63) is 21.9 Å². The molecule has 2 heterocycles. The van der Waals surface area contributed by atoms with Crippen LogP contribution >= 0.6 is 11.3 Å². The standard InChI is InChI=1S/C12H18N4O2S/c1-2-9-11(17)14-5-6-16(9)7-8-3-4-10(19-8)12(18)15-13/h3-4,9H,2,5-7,13H2,1H3,(H,14,17)(H,15,18). The van der Waals surface area contributed by atoms with Crippen LogP contribution in [0.5, 0.6) is 0 Å². The van der Waals surface area contributed by atoms with E-state index in [1.165, 1.54) is 11.3 Å². The van der Waals surface area contributed by atoms with Crippen LogP contribution < -0.4 is 16.6 Å². The number of hydrogen-bond donors (Lipinski definition) is 3. The van der Waals surface area contributed by atoms with Crippen LogP contribution in [0.2, 0.25) is 0 Å². The summed E-state index contributed by atoms with van der Waals surface area (Å²) < 4.78 is 0. The minimum absolute atomic E-state index is 0.0809. The summed E-state index contributed by atoms with van der Waals surface area (Å²) in [6, 6.07) is 3.59. The molecular formula is C12H18N4O2S. The highest BCUT2D eigenvalue weighted by molar-refractivity contribution is 7.14. The lowest BCUT2D eigenvalue weighted by molar-refractivity contribution is -0.129. The Morgan fingerprint density at radius 1 is 1.63 bits per heavy atom. The summed E-state index contributed by atoms with van der Waals surface area (Å²) in [6.07, 6.45) is 0.785. The second-order valence-electron chi connectivity index (χ2n) is 4.42. The van der Waals surface area contributed by atoms with Gasteiger partial charge in [-0.1, -0.05) is 6.92 Å². The molecule has 1 saturated heterocycles. The van der Waals surface area contributed by atoms with Gasteiger partial charge in [0.15, 0.2) is 0 Å². The average Bonchev–Trinajstić information content (AvgIpc) is 2.87. The molecule has 0 bridgehead atoms. The summed E-state index contributed by atoms with van der Waals surface area (Å²) in [5.41, 5.74) is 2.12. The van der Waals surface area contributed by atoms with Gasteiger partial charge in [0.1, 0.15) is 0 Å². The Morgan fingerprint density at radius 2 is 2.42 bits per heavy atom. The van der Waals surface area contributed by atoms with Crippen molar-refractivity contribution in [3.63, 3.8) is 0 Å². The van der Waals surface area contributed by atoms with Crippen LogP contribution in [0.1, 0.15) is 27.9 Å². The first kappa shape index (κ1) is 14.0. The molecule has 1 aliphatic rings. The largest absolute Gasteiger partial charge is 0.353 e. The first-order chi connectivity index (χ1) is 9.15. The molecule has 1 aliphatic heterocycles. The van der Waals surface area contributed by atoms with Gasteiger partial charge in [0.05, 0.1) is 10.9 Å². The number of piperazine rings is 1. The summed E-state index contributed by atoms with van der Waals surface area (Å²) in [4.78, 5) is 26.9. The van der Waals surface area contributed by atoms with E-state index in [-0.39, 0.29) is 17.9 Å². The molecule has 1 aromatic rings. The number of nitrogens with zero attached hydrogens (tertiary/aromatic N) is 1. The van der Waals surface area contributed by atoms with Gasteiger partial charge in [-0.25, -0.2) is 5.84 Å². The highest BCUT2D eigenvalue weighted by Crippen LogP contribution is 2.20. The van der Waals surface area contributed by atoms with Crippen LogP contribution in [0, 0.1) is 0 Å². The fourth-order valence-corrected chi connectivity index (χ4v) is 3.19. The third-order valence-electron chi connectivity index (χ3n) is 3.20. The lowest BCUT2D eigenvalue weighted by Gasteiger charge is -2.34. The van der Waals surface area contributed by atoms with E-state index in [9.17, 15) is 9.59 Å². The number of carbonyl (C=O) groups is 2. The van der Waals surface area contributed by atoms with Crippen molar-refractivity contribution in [3.8, 4) is 0 Å². The van der Waals surface area contributed by atoms with Gasteiger partial charge in [0.25, 0.3) is 5.91 Å². The van der Waals surface area contributed by atoms with Crippen LogP contribution in [0.4, 0.5) is 0 Å².